The number of hydrogen-bond donors (Lipinski definition) is 0. The maximum Gasteiger partial charge on any atom is 0.796 e. The average Bonchev–Trinajstić information content (AvgIpc) is 2.37. The standard InChI is InChI=1S/C14H11BF2O2/c1-10(19-15(16)17)8-14(18)13-7-6-11-4-2-3-5-12(11)9-13/h2-9H,1H3/b10-8-. The molecule has 2 aromatic carbocycles. The second-order valence-electron chi connectivity index (χ2n) is 4.06. The minimum Gasteiger partial charge on any atom is -0.509 e. The zero-order valence-corrected chi connectivity index (χ0v) is 10.3. The highest BCUT2D eigenvalue weighted by Gasteiger charge is 2.17. The molecule has 0 unspecified atom stereocenters. The number of allylic oxidation sites excluding steroid dienone is 2. The van der Waals surface area contributed by atoms with Crippen LogP contribution < -0.4 is 0 Å². The number of hydrogen-bond acceptors (Lipinski definition) is 2. The number of carbonyl (C=O) groups excluding carboxylic acids is 1. The number of rotatable bonds is 4. The lowest BCUT2D eigenvalue weighted by atomic mass is 10.0. The second-order valence-corrected chi connectivity index (χ2v) is 4.06. The van der Waals surface area contributed by atoms with E-state index in [4.69, 9.17) is 0 Å². The third-order valence-corrected chi connectivity index (χ3v) is 2.64. The Bertz CT molecular complexity index is 638. The Labute approximate surface area is 109 Å². The van der Waals surface area contributed by atoms with Crippen LogP contribution in [0.25, 0.3) is 10.8 Å². The molecule has 0 saturated carbocycles. The number of carbonyl (C=O) groups is 1. The monoisotopic (exact) mass is 260 g/mol. The predicted molar refractivity (Wildman–Crippen MR) is 71.1 cm³/mol. The van der Waals surface area contributed by atoms with Crippen LogP contribution in [0.5, 0.6) is 0 Å². The smallest absolute Gasteiger partial charge is 0.509 e. The molecule has 19 heavy (non-hydrogen) atoms. The molecule has 0 amide bonds. The summed E-state index contributed by atoms with van der Waals surface area (Å²) in [5, 5.41) is 1.94. The van der Waals surface area contributed by atoms with Gasteiger partial charge in [0, 0.05) is 11.6 Å². The van der Waals surface area contributed by atoms with Gasteiger partial charge in [-0.2, -0.15) is 0 Å². The highest BCUT2D eigenvalue weighted by atomic mass is 19.2. The summed E-state index contributed by atoms with van der Waals surface area (Å²) < 4.78 is 28.1. The largest absolute Gasteiger partial charge is 0.796 e. The minimum atomic E-state index is -2.92. The number of halogens is 2. The first-order chi connectivity index (χ1) is 9.06. The Morgan fingerprint density at radius 3 is 2.53 bits per heavy atom. The van der Waals surface area contributed by atoms with E-state index in [1.54, 1.807) is 12.1 Å². The lowest BCUT2D eigenvalue weighted by Crippen LogP contribution is -2.04. The van der Waals surface area contributed by atoms with Crippen LogP contribution in [-0.2, 0) is 4.65 Å². The van der Waals surface area contributed by atoms with Crippen molar-refractivity contribution in [2.45, 2.75) is 6.92 Å². The predicted octanol–water partition coefficient (Wildman–Crippen LogP) is 3.87. The van der Waals surface area contributed by atoms with Crippen LogP contribution in [0.15, 0.2) is 54.3 Å². The maximum absolute atomic E-state index is 12.0. The molecule has 0 saturated heterocycles. The molecule has 0 radical (unpaired) electrons. The van der Waals surface area contributed by atoms with Gasteiger partial charge < -0.3 is 4.65 Å². The highest BCUT2D eigenvalue weighted by molar-refractivity contribution is 6.34. The molecule has 2 nitrogen and oxygen atoms in total. The Morgan fingerprint density at radius 2 is 1.84 bits per heavy atom. The van der Waals surface area contributed by atoms with Gasteiger partial charge >= 0.3 is 7.47 Å². The lowest BCUT2D eigenvalue weighted by Gasteiger charge is -2.03. The first-order valence-corrected chi connectivity index (χ1v) is 5.72. The van der Waals surface area contributed by atoms with Crippen LogP contribution >= 0.6 is 0 Å². The minimum absolute atomic E-state index is 0.104. The molecule has 0 heterocycles. The number of benzene rings is 2. The summed E-state index contributed by atoms with van der Waals surface area (Å²) in [4.78, 5) is 11.9. The summed E-state index contributed by atoms with van der Waals surface area (Å²) >= 11 is 0. The molecular formula is C14H11BF2O2. The van der Waals surface area contributed by atoms with Crippen LogP contribution in [0.1, 0.15) is 17.3 Å². The Kier molecular flexibility index (Phi) is 3.95. The summed E-state index contributed by atoms with van der Waals surface area (Å²) in [7, 11) is -2.92. The van der Waals surface area contributed by atoms with Crippen molar-refractivity contribution in [3.63, 3.8) is 0 Å². The fraction of sp³-hybridized carbons (Fsp3) is 0.0714. The van der Waals surface area contributed by atoms with Crippen LogP contribution in [0.3, 0.4) is 0 Å². The van der Waals surface area contributed by atoms with Crippen LogP contribution in [0, 0.1) is 0 Å². The van der Waals surface area contributed by atoms with Gasteiger partial charge in [-0.15, -0.1) is 0 Å². The molecule has 96 valence electrons. The van der Waals surface area contributed by atoms with Crippen LogP contribution in [0.2, 0.25) is 0 Å². The molecule has 0 aliphatic heterocycles. The van der Waals surface area contributed by atoms with E-state index in [1.165, 1.54) is 6.92 Å². The SMILES string of the molecule is C/C(=C/C(=O)c1ccc2ccccc2c1)OB(F)F. The second kappa shape index (κ2) is 5.65. The summed E-state index contributed by atoms with van der Waals surface area (Å²) in [6.07, 6.45) is 1.07. The van der Waals surface area contributed by atoms with E-state index < -0.39 is 7.47 Å². The van der Waals surface area contributed by atoms with E-state index in [0.29, 0.717) is 5.56 Å². The van der Waals surface area contributed by atoms with E-state index in [1.807, 2.05) is 30.3 Å². The number of ketones is 1. The zero-order chi connectivity index (χ0) is 13.8. The summed E-state index contributed by atoms with van der Waals surface area (Å²) in [5.41, 5.74) is 0.441. The molecule has 2 rings (SSSR count). The molecule has 0 atom stereocenters. The summed E-state index contributed by atoms with van der Waals surface area (Å²) in [6.45, 7) is 1.32. The van der Waals surface area contributed by atoms with Gasteiger partial charge in [-0.05, 0) is 23.8 Å². The van der Waals surface area contributed by atoms with E-state index >= 15 is 0 Å². The molecule has 0 bridgehead atoms. The molecule has 0 spiro atoms. The zero-order valence-electron chi connectivity index (χ0n) is 10.3. The normalized spacial score (nSPS) is 11.4. The van der Waals surface area contributed by atoms with E-state index in [0.717, 1.165) is 16.8 Å². The van der Waals surface area contributed by atoms with Gasteiger partial charge in [-0.25, -0.2) is 8.63 Å². The van der Waals surface area contributed by atoms with Gasteiger partial charge in [-0.3, -0.25) is 4.79 Å². The highest BCUT2D eigenvalue weighted by Crippen LogP contribution is 2.16. The van der Waals surface area contributed by atoms with Crippen molar-refractivity contribution in [3.8, 4) is 0 Å². The van der Waals surface area contributed by atoms with Gasteiger partial charge in [0.05, 0.1) is 5.76 Å². The summed E-state index contributed by atoms with van der Waals surface area (Å²) in [6, 6.07) is 12.8. The quantitative estimate of drug-likeness (QED) is 0.361. The van der Waals surface area contributed by atoms with Crippen molar-refractivity contribution in [1.29, 1.82) is 0 Å². The van der Waals surface area contributed by atoms with Gasteiger partial charge in [0.25, 0.3) is 0 Å². The van der Waals surface area contributed by atoms with Crippen molar-refractivity contribution in [3.05, 3.63) is 59.9 Å². The van der Waals surface area contributed by atoms with Gasteiger partial charge in [-0.1, -0.05) is 36.4 Å². The van der Waals surface area contributed by atoms with E-state index in [2.05, 4.69) is 4.65 Å². The van der Waals surface area contributed by atoms with Crippen LogP contribution in [0.4, 0.5) is 8.63 Å². The summed E-state index contributed by atoms with van der Waals surface area (Å²) in [5.74, 6) is -0.461. The molecular weight excluding hydrogens is 249 g/mol. The molecule has 0 aliphatic rings. The molecule has 5 heteroatoms. The van der Waals surface area contributed by atoms with Crippen molar-refractivity contribution in [2.75, 3.05) is 0 Å². The molecule has 2 aromatic rings. The topological polar surface area (TPSA) is 26.3 Å². The fourth-order valence-corrected chi connectivity index (χ4v) is 1.79. The lowest BCUT2D eigenvalue weighted by molar-refractivity contribution is 0.104. The van der Waals surface area contributed by atoms with Crippen molar-refractivity contribution >= 4 is 24.0 Å². The third-order valence-electron chi connectivity index (χ3n) is 2.64. The Morgan fingerprint density at radius 1 is 1.16 bits per heavy atom. The average molecular weight is 260 g/mol. The van der Waals surface area contributed by atoms with Crippen molar-refractivity contribution in [2.24, 2.45) is 0 Å². The Hall–Kier alpha value is -2.17. The molecule has 0 N–H and O–H groups in total. The van der Waals surface area contributed by atoms with Gasteiger partial charge in [0.2, 0.25) is 0 Å². The molecule has 0 aromatic heterocycles. The first kappa shape index (κ1) is 13.3. The van der Waals surface area contributed by atoms with E-state index in [9.17, 15) is 13.4 Å². The van der Waals surface area contributed by atoms with Gasteiger partial charge in [0.1, 0.15) is 0 Å². The van der Waals surface area contributed by atoms with Crippen molar-refractivity contribution < 1.29 is 18.1 Å². The van der Waals surface area contributed by atoms with Gasteiger partial charge in [0.15, 0.2) is 5.78 Å². The maximum atomic E-state index is 12.0. The number of fused-ring (bicyclic) bond motifs is 1. The molecule has 0 aliphatic carbocycles. The van der Waals surface area contributed by atoms with E-state index in [-0.39, 0.29) is 11.5 Å². The van der Waals surface area contributed by atoms with Crippen LogP contribution in [-0.4, -0.2) is 13.3 Å². The Balaban J connectivity index is 2.26. The third kappa shape index (κ3) is 3.41. The molecule has 0 fully saturated rings. The fourth-order valence-electron chi connectivity index (χ4n) is 1.79. The van der Waals surface area contributed by atoms with Crippen molar-refractivity contribution in [1.82, 2.24) is 0 Å². The first-order valence-electron chi connectivity index (χ1n) is 5.72.